The first-order valence-electron chi connectivity index (χ1n) is 5.67. The molecule has 2 rings (SSSR count). The van der Waals surface area contributed by atoms with Crippen molar-refractivity contribution in [1.82, 2.24) is 5.32 Å². The molecular formula is C12H19NS. The maximum absolute atomic E-state index is 3.53. The summed E-state index contributed by atoms with van der Waals surface area (Å²) in [4.78, 5) is 0. The second-order valence-corrected chi connectivity index (χ2v) is 5.00. The molecule has 0 unspecified atom stereocenters. The van der Waals surface area contributed by atoms with E-state index in [2.05, 4.69) is 22.1 Å². The Hall–Kier alpha value is -0.340. The van der Waals surface area contributed by atoms with Crippen LogP contribution in [0.3, 0.4) is 0 Å². The summed E-state index contributed by atoms with van der Waals surface area (Å²) in [5, 5.41) is 7.93. The van der Waals surface area contributed by atoms with Crippen LogP contribution in [-0.4, -0.2) is 13.1 Å². The third-order valence-corrected chi connectivity index (χ3v) is 3.86. The molecule has 2 heteroatoms. The van der Waals surface area contributed by atoms with Crippen LogP contribution in [0.2, 0.25) is 0 Å². The third-order valence-electron chi connectivity index (χ3n) is 3.12. The molecule has 0 amide bonds. The van der Waals surface area contributed by atoms with Gasteiger partial charge in [0, 0.05) is 0 Å². The Bertz CT molecular complexity index is 239. The van der Waals surface area contributed by atoms with Gasteiger partial charge in [0.15, 0.2) is 0 Å². The van der Waals surface area contributed by atoms with E-state index in [0.717, 1.165) is 12.5 Å². The van der Waals surface area contributed by atoms with E-state index in [1.807, 2.05) is 0 Å². The first-order chi connectivity index (χ1) is 6.95. The lowest BCUT2D eigenvalue weighted by Gasteiger charge is -2.25. The number of hydrogen-bond donors (Lipinski definition) is 1. The molecule has 1 nitrogen and oxygen atoms in total. The van der Waals surface area contributed by atoms with E-state index < -0.39 is 0 Å². The first kappa shape index (κ1) is 10.2. The summed E-state index contributed by atoms with van der Waals surface area (Å²) in [6.45, 7) is 2.36. The van der Waals surface area contributed by atoms with Crippen LogP contribution in [0, 0.1) is 5.92 Å². The van der Waals surface area contributed by atoms with Crippen LogP contribution in [0.5, 0.6) is 0 Å². The van der Waals surface area contributed by atoms with Crippen LogP contribution in [0.25, 0.3) is 0 Å². The standard InChI is InChI=1S/C12H19NS/c1-2-11(3-1)4-7-13-8-5-12-6-9-14-10-12/h6,9-11,13H,1-5,7-8H2. The normalized spacial score (nSPS) is 16.9. The maximum atomic E-state index is 3.53. The summed E-state index contributed by atoms with van der Waals surface area (Å²) < 4.78 is 0. The highest BCUT2D eigenvalue weighted by Gasteiger charge is 2.15. The topological polar surface area (TPSA) is 12.0 Å². The van der Waals surface area contributed by atoms with E-state index in [-0.39, 0.29) is 0 Å². The molecule has 1 heterocycles. The van der Waals surface area contributed by atoms with Gasteiger partial charge in [-0.1, -0.05) is 19.3 Å². The molecule has 1 aromatic heterocycles. The zero-order chi connectivity index (χ0) is 9.64. The van der Waals surface area contributed by atoms with Crippen LogP contribution in [0.15, 0.2) is 16.8 Å². The van der Waals surface area contributed by atoms with Crippen molar-refractivity contribution in [3.63, 3.8) is 0 Å². The molecule has 0 atom stereocenters. The van der Waals surface area contributed by atoms with Gasteiger partial charge in [0.05, 0.1) is 0 Å². The van der Waals surface area contributed by atoms with Crippen molar-refractivity contribution in [2.24, 2.45) is 5.92 Å². The van der Waals surface area contributed by atoms with Gasteiger partial charge in [-0.25, -0.2) is 0 Å². The zero-order valence-electron chi connectivity index (χ0n) is 8.67. The highest BCUT2D eigenvalue weighted by atomic mass is 32.1. The highest BCUT2D eigenvalue weighted by molar-refractivity contribution is 7.07. The molecule has 0 spiro atoms. The number of nitrogens with one attached hydrogen (secondary N) is 1. The Morgan fingerprint density at radius 1 is 1.36 bits per heavy atom. The fourth-order valence-corrected chi connectivity index (χ4v) is 2.58. The van der Waals surface area contributed by atoms with Gasteiger partial charge in [0.1, 0.15) is 0 Å². The van der Waals surface area contributed by atoms with Crippen LogP contribution in [0.4, 0.5) is 0 Å². The van der Waals surface area contributed by atoms with Crippen molar-refractivity contribution < 1.29 is 0 Å². The molecule has 0 aliphatic heterocycles. The van der Waals surface area contributed by atoms with Gasteiger partial charge in [-0.3, -0.25) is 0 Å². The first-order valence-corrected chi connectivity index (χ1v) is 6.61. The maximum Gasteiger partial charge on any atom is -0.000806 e. The summed E-state index contributed by atoms with van der Waals surface area (Å²) in [5.74, 6) is 1.05. The van der Waals surface area contributed by atoms with Gasteiger partial charge >= 0.3 is 0 Å². The Morgan fingerprint density at radius 3 is 2.93 bits per heavy atom. The molecule has 1 aliphatic rings. The summed E-state index contributed by atoms with van der Waals surface area (Å²) in [6.07, 6.45) is 7.01. The molecular weight excluding hydrogens is 190 g/mol. The lowest BCUT2D eigenvalue weighted by Crippen LogP contribution is -2.23. The van der Waals surface area contributed by atoms with Gasteiger partial charge in [-0.05, 0) is 54.2 Å². The number of thiophene rings is 1. The summed E-state index contributed by atoms with van der Waals surface area (Å²) in [7, 11) is 0. The van der Waals surface area contributed by atoms with Gasteiger partial charge in [0.2, 0.25) is 0 Å². The van der Waals surface area contributed by atoms with E-state index in [9.17, 15) is 0 Å². The molecule has 14 heavy (non-hydrogen) atoms. The van der Waals surface area contributed by atoms with Crippen LogP contribution >= 0.6 is 11.3 Å². The SMILES string of the molecule is c1cc(CCNCCC2CCC2)cs1. The third kappa shape index (κ3) is 3.10. The molecule has 0 saturated heterocycles. The second kappa shape index (κ2) is 5.52. The van der Waals surface area contributed by atoms with Gasteiger partial charge < -0.3 is 5.32 Å². The van der Waals surface area contributed by atoms with Crippen molar-refractivity contribution in [2.75, 3.05) is 13.1 Å². The lowest BCUT2D eigenvalue weighted by molar-refractivity contribution is 0.292. The van der Waals surface area contributed by atoms with Crippen molar-refractivity contribution in [1.29, 1.82) is 0 Å². The lowest BCUT2D eigenvalue weighted by atomic mass is 9.83. The minimum atomic E-state index is 1.05. The monoisotopic (exact) mass is 209 g/mol. The average molecular weight is 209 g/mol. The van der Waals surface area contributed by atoms with E-state index >= 15 is 0 Å². The smallest absolute Gasteiger partial charge is 0.000806 e. The Labute approximate surface area is 90.5 Å². The average Bonchev–Trinajstić information content (AvgIpc) is 2.60. The van der Waals surface area contributed by atoms with Gasteiger partial charge in [-0.15, -0.1) is 0 Å². The van der Waals surface area contributed by atoms with Crippen LogP contribution in [0.1, 0.15) is 31.2 Å². The molecule has 1 fully saturated rings. The molecule has 0 radical (unpaired) electrons. The predicted molar refractivity (Wildman–Crippen MR) is 62.9 cm³/mol. The molecule has 1 saturated carbocycles. The fourth-order valence-electron chi connectivity index (χ4n) is 1.88. The minimum Gasteiger partial charge on any atom is -0.316 e. The number of hydrogen-bond acceptors (Lipinski definition) is 2. The van der Waals surface area contributed by atoms with Crippen LogP contribution < -0.4 is 5.32 Å². The quantitative estimate of drug-likeness (QED) is 0.710. The zero-order valence-corrected chi connectivity index (χ0v) is 9.48. The highest BCUT2D eigenvalue weighted by Crippen LogP contribution is 2.28. The van der Waals surface area contributed by atoms with E-state index in [1.54, 1.807) is 11.3 Å². The van der Waals surface area contributed by atoms with E-state index in [1.165, 1.54) is 44.2 Å². The molecule has 0 aromatic carbocycles. The Balaban J connectivity index is 1.47. The molecule has 1 aliphatic carbocycles. The van der Waals surface area contributed by atoms with Gasteiger partial charge in [-0.2, -0.15) is 11.3 Å². The summed E-state index contributed by atoms with van der Waals surface area (Å²) in [6, 6.07) is 2.22. The van der Waals surface area contributed by atoms with Crippen molar-refractivity contribution in [3.05, 3.63) is 22.4 Å². The largest absolute Gasteiger partial charge is 0.316 e. The summed E-state index contributed by atoms with van der Waals surface area (Å²) >= 11 is 1.79. The Morgan fingerprint density at radius 2 is 2.29 bits per heavy atom. The molecule has 1 aromatic rings. The number of rotatable bonds is 6. The van der Waals surface area contributed by atoms with Crippen LogP contribution in [-0.2, 0) is 6.42 Å². The molecule has 1 N–H and O–H groups in total. The van der Waals surface area contributed by atoms with Gasteiger partial charge in [0.25, 0.3) is 0 Å². The molecule has 78 valence electrons. The van der Waals surface area contributed by atoms with E-state index in [4.69, 9.17) is 0 Å². The molecule has 0 bridgehead atoms. The van der Waals surface area contributed by atoms with Crippen molar-refractivity contribution in [3.8, 4) is 0 Å². The Kier molecular flexibility index (Phi) is 4.02. The van der Waals surface area contributed by atoms with E-state index in [0.29, 0.717) is 0 Å². The fraction of sp³-hybridized carbons (Fsp3) is 0.667. The van der Waals surface area contributed by atoms with Crippen molar-refractivity contribution in [2.45, 2.75) is 32.1 Å². The second-order valence-electron chi connectivity index (χ2n) is 4.22. The minimum absolute atomic E-state index is 1.05. The predicted octanol–water partition coefficient (Wildman–Crippen LogP) is 3.07. The summed E-state index contributed by atoms with van der Waals surface area (Å²) in [5.41, 5.74) is 1.48. The van der Waals surface area contributed by atoms with Crippen molar-refractivity contribution >= 4 is 11.3 Å².